The van der Waals surface area contributed by atoms with Gasteiger partial charge in [0.1, 0.15) is 6.61 Å². The van der Waals surface area contributed by atoms with Crippen LogP contribution in [-0.4, -0.2) is 45.4 Å². The summed E-state index contributed by atoms with van der Waals surface area (Å²) in [5, 5.41) is 5.05. The number of hydrogen-bond donors (Lipinski definition) is 2. The number of amides is 2. The van der Waals surface area contributed by atoms with E-state index in [2.05, 4.69) is 10.6 Å². The van der Waals surface area contributed by atoms with E-state index >= 15 is 0 Å². The molecule has 1 atom stereocenters. The molecule has 2 N–H and O–H groups in total. The van der Waals surface area contributed by atoms with Crippen LogP contribution in [0.15, 0.2) is 0 Å². The normalized spacial score (nSPS) is 12.1. The summed E-state index contributed by atoms with van der Waals surface area (Å²) in [5.74, 6) is -0.00455. The molecule has 0 bridgehead atoms. The van der Waals surface area contributed by atoms with Gasteiger partial charge in [0.25, 0.3) is 0 Å². The average molecular weight is 246 g/mol. The van der Waals surface area contributed by atoms with Gasteiger partial charge in [0.2, 0.25) is 0 Å². The Hall–Kier alpha value is -1.30. The molecule has 2 amide bonds. The molecule has 0 spiro atoms. The van der Waals surface area contributed by atoms with Crippen molar-refractivity contribution < 1.29 is 19.1 Å². The van der Waals surface area contributed by atoms with E-state index in [1.807, 2.05) is 13.8 Å². The molecule has 17 heavy (non-hydrogen) atoms. The summed E-state index contributed by atoms with van der Waals surface area (Å²) in [6.07, 6.45) is 0.375. The van der Waals surface area contributed by atoms with Crippen LogP contribution in [0.3, 0.4) is 0 Å². The predicted molar refractivity (Wildman–Crippen MR) is 63.7 cm³/mol. The van der Waals surface area contributed by atoms with E-state index in [-0.39, 0.29) is 30.6 Å². The first-order valence-corrected chi connectivity index (χ1v) is 5.62. The minimum Gasteiger partial charge on any atom is -0.463 e. The van der Waals surface area contributed by atoms with Gasteiger partial charge in [-0.1, -0.05) is 13.8 Å². The van der Waals surface area contributed by atoms with Crippen molar-refractivity contribution in [2.24, 2.45) is 5.92 Å². The fourth-order valence-corrected chi connectivity index (χ4v) is 1.18. The molecule has 0 saturated heterocycles. The van der Waals surface area contributed by atoms with Crippen LogP contribution in [0, 0.1) is 5.92 Å². The van der Waals surface area contributed by atoms with Gasteiger partial charge >= 0.3 is 12.0 Å². The van der Waals surface area contributed by atoms with Crippen molar-refractivity contribution in [2.75, 3.05) is 27.4 Å². The third kappa shape index (κ3) is 8.50. The van der Waals surface area contributed by atoms with Gasteiger partial charge in [-0.25, -0.2) is 4.79 Å². The van der Waals surface area contributed by atoms with E-state index in [4.69, 9.17) is 9.47 Å². The second-order valence-corrected chi connectivity index (χ2v) is 4.16. The number of rotatable bonds is 7. The van der Waals surface area contributed by atoms with Crippen LogP contribution in [0.5, 0.6) is 0 Å². The molecule has 0 aromatic carbocycles. The molecule has 0 aromatic rings. The second kappa shape index (κ2) is 8.81. The number of hydrogen-bond acceptors (Lipinski definition) is 4. The van der Waals surface area contributed by atoms with E-state index in [0.717, 1.165) is 0 Å². The Balaban J connectivity index is 3.99. The van der Waals surface area contributed by atoms with E-state index in [0.29, 0.717) is 13.0 Å². The van der Waals surface area contributed by atoms with Crippen molar-refractivity contribution >= 4 is 12.0 Å². The quantitative estimate of drug-likeness (QED) is 0.642. The standard InChI is InChI=1S/C11H22N2O4/c1-8(2)5-10(14)17-7-9(6-16-4)13-11(15)12-3/h8-9H,5-7H2,1-4H3,(H2,12,13,15). The van der Waals surface area contributed by atoms with Crippen molar-refractivity contribution in [3.63, 3.8) is 0 Å². The molecule has 0 saturated carbocycles. The highest BCUT2D eigenvalue weighted by atomic mass is 16.5. The molecule has 0 radical (unpaired) electrons. The average Bonchev–Trinajstić information content (AvgIpc) is 2.25. The van der Waals surface area contributed by atoms with E-state index in [1.54, 1.807) is 0 Å². The molecule has 0 aliphatic heterocycles. The van der Waals surface area contributed by atoms with Gasteiger partial charge in [0.05, 0.1) is 12.6 Å². The van der Waals surface area contributed by atoms with E-state index in [9.17, 15) is 9.59 Å². The first kappa shape index (κ1) is 15.7. The highest BCUT2D eigenvalue weighted by Gasteiger charge is 2.14. The van der Waals surface area contributed by atoms with E-state index < -0.39 is 0 Å². The van der Waals surface area contributed by atoms with Gasteiger partial charge in [-0.2, -0.15) is 0 Å². The highest BCUT2D eigenvalue weighted by molar-refractivity contribution is 5.74. The van der Waals surface area contributed by atoms with Gasteiger partial charge in [-0.3, -0.25) is 4.79 Å². The van der Waals surface area contributed by atoms with Crippen molar-refractivity contribution in [3.05, 3.63) is 0 Å². The molecular weight excluding hydrogens is 224 g/mol. The zero-order valence-electron chi connectivity index (χ0n) is 10.9. The van der Waals surface area contributed by atoms with Crippen LogP contribution in [0.1, 0.15) is 20.3 Å². The third-order valence-electron chi connectivity index (χ3n) is 1.95. The maximum atomic E-state index is 11.3. The first-order chi connectivity index (χ1) is 7.99. The SMILES string of the molecule is CNC(=O)NC(COC)COC(=O)CC(C)C. The number of carbonyl (C=O) groups excluding carboxylic acids is 2. The van der Waals surface area contributed by atoms with Gasteiger partial charge in [-0.05, 0) is 5.92 Å². The van der Waals surface area contributed by atoms with Gasteiger partial charge in [-0.15, -0.1) is 0 Å². The summed E-state index contributed by atoms with van der Waals surface area (Å²) in [4.78, 5) is 22.4. The molecule has 1 unspecified atom stereocenters. The molecule has 0 rings (SSSR count). The van der Waals surface area contributed by atoms with Crippen molar-refractivity contribution in [1.29, 1.82) is 0 Å². The topological polar surface area (TPSA) is 76.7 Å². The molecular formula is C11H22N2O4. The number of esters is 1. The van der Waals surface area contributed by atoms with Gasteiger partial charge in [0.15, 0.2) is 0 Å². The minimum absolute atomic E-state index is 0.118. The number of nitrogens with one attached hydrogen (secondary N) is 2. The lowest BCUT2D eigenvalue weighted by Crippen LogP contribution is -2.45. The summed E-state index contributed by atoms with van der Waals surface area (Å²) in [5.41, 5.74) is 0. The van der Waals surface area contributed by atoms with Gasteiger partial charge in [0, 0.05) is 20.6 Å². The number of urea groups is 1. The summed E-state index contributed by atoms with van der Waals surface area (Å²) < 4.78 is 9.98. The smallest absolute Gasteiger partial charge is 0.314 e. The fraction of sp³-hybridized carbons (Fsp3) is 0.818. The van der Waals surface area contributed by atoms with Crippen molar-refractivity contribution in [2.45, 2.75) is 26.3 Å². The molecule has 0 aromatic heterocycles. The second-order valence-electron chi connectivity index (χ2n) is 4.16. The van der Waals surface area contributed by atoms with Crippen LogP contribution in [-0.2, 0) is 14.3 Å². The van der Waals surface area contributed by atoms with Crippen LogP contribution in [0.4, 0.5) is 4.79 Å². The maximum Gasteiger partial charge on any atom is 0.314 e. The molecule has 6 heteroatoms. The van der Waals surface area contributed by atoms with Gasteiger partial charge < -0.3 is 20.1 Å². The lowest BCUT2D eigenvalue weighted by Gasteiger charge is -2.17. The summed E-state index contributed by atoms with van der Waals surface area (Å²) in [6, 6.07) is -0.664. The number of methoxy groups -OCH3 is 1. The van der Waals surface area contributed by atoms with Crippen molar-refractivity contribution in [1.82, 2.24) is 10.6 Å². The number of carbonyl (C=O) groups is 2. The highest BCUT2D eigenvalue weighted by Crippen LogP contribution is 2.01. The maximum absolute atomic E-state index is 11.3. The molecule has 0 heterocycles. The minimum atomic E-state index is -0.337. The van der Waals surface area contributed by atoms with Crippen molar-refractivity contribution in [3.8, 4) is 0 Å². The lowest BCUT2D eigenvalue weighted by atomic mass is 10.1. The number of ether oxygens (including phenoxy) is 2. The Kier molecular flexibility index (Phi) is 8.13. The van der Waals surface area contributed by atoms with Crippen LogP contribution >= 0.6 is 0 Å². The summed E-state index contributed by atoms with van der Waals surface area (Å²) in [7, 11) is 3.04. The summed E-state index contributed by atoms with van der Waals surface area (Å²) in [6.45, 7) is 4.29. The molecule has 100 valence electrons. The Morgan fingerprint density at radius 2 is 1.88 bits per heavy atom. The monoisotopic (exact) mass is 246 g/mol. The molecule has 0 aliphatic carbocycles. The Labute approximate surface area is 102 Å². The first-order valence-electron chi connectivity index (χ1n) is 5.62. The molecule has 0 fully saturated rings. The fourth-order valence-electron chi connectivity index (χ4n) is 1.18. The zero-order valence-corrected chi connectivity index (χ0v) is 10.9. The van der Waals surface area contributed by atoms with Crippen LogP contribution in [0.2, 0.25) is 0 Å². The summed E-state index contributed by atoms with van der Waals surface area (Å²) >= 11 is 0. The van der Waals surface area contributed by atoms with Crippen LogP contribution < -0.4 is 10.6 Å². The Morgan fingerprint density at radius 1 is 1.24 bits per heavy atom. The van der Waals surface area contributed by atoms with Crippen LogP contribution in [0.25, 0.3) is 0 Å². The Bertz CT molecular complexity index is 244. The third-order valence-corrected chi connectivity index (χ3v) is 1.95. The predicted octanol–water partition coefficient (Wildman–Crippen LogP) is 0.520. The lowest BCUT2D eigenvalue weighted by molar-refractivity contribution is -0.145. The Morgan fingerprint density at radius 3 is 2.35 bits per heavy atom. The van der Waals surface area contributed by atoms with E-state index in [1.165, 1.54) is 14.2 Å². The molecule has 6 nitrogen and oxygen atoms in total. The zero-order chi connectivity index (χ0) is 13.3. The molecule has 0 aliphatic rings. The largest absolute Gasteiger partial charge is 0.463 e.